The molecule has 0 aliphatic carbocycles. The number of guanidine groups is 1. The number of ether oxygens (including phenoxy) is 4. The fraction of sp³-hybridized carbons (Fsp3) is 0.941. The fourth-order valence-corrected chi connectivity index (χ4v) is 3.09. The van der Waals surface area contributed by atoms with E-state index in [0.717, 1.165) is 71.1 Å². The Labute approximate surface area is 168 Å². The maximum atomic E-state index is 5.90. The van der Waals surface area contributed by atoms with Gasteiger partial charge < -0.3 is 29.2 Å². The van der Waals surface area contributed by atoms with E-state index >= 15 is 0 Å². The summed E-state index contributed by atoms with van der Waals surface area (Å²) in [6.45, 7) is 6.35. The zero-order chi connectivity index (χ0) is 17.0. The van der Waals surface area contributed by atoms with Crippen molar-refractivity contribution in [3.63, 3.8) is 0 Å². The van der Waals surface area contributed by atoms with Crippen LogP contribution in [0.2, 0.25) is 0 Å². The first-order valence-corrected chi connectivity index (χ1v) is 9.10. The van der Waals surface area contributed by atoms with Gasteiger partial charge in [-0.15, -0.1) is 24.0 Å². The van der Waals surface area contributed by atoms with E-state index in [4.69, 9.17) is 18.9 Å². The molecule has 1 N–H and O–H groups in total. The summed E-state index contributed by atoms with van der Waals surface area (Å²) in [5.41, 5.74) is 0. The highest BCUT2D eigenvalue weighted by Crippen LogP contribution is 2.20. The Morgan fingerprint density at radius 1 is 1.16 bits per heavy atom. The summed E-state index contributed by atoms with van der Waals surface area (Å²) < 4.78 is 22.1. The van der Waals surface area contributed by atoms with Crippen molar-refractivity contribution in [2.45, 2.75) is 37.9 Å². The normalized spacial score (nSPS) is 24.2. The number of nitrogens with one attached hydrogen (secondary N) is 1. The molecule has 148 valence electrons. The quantitative estimate of drug-likeness (QED) is 0.238. The van der Waals surface area contributed by atoms with Gasteiger partial charge in [-0.2, -0.15) is 0 Å². The van der Waals surface area contributed by atoms with E-state index in [-0.39, 0.29) is 36.2 Å². The lowest BCUT2D eigenvalue weighted by atomic mass is 10.1. The smallest absolute Gasteiger partial charge is 0.193 e. The third kappa shape index (κ3) is 8.38. The van der Waals surface area contributed by atoms with E-state index in [9.17, 15) is 0 Å². The molecule has 0 bridgehead atoms. The molecule has 2 fully saturated rings. The molecule has 2 heterocycles. The molecule has 2 rings (SSSR count). The number of hydrogen-bond acceptors (Lipinski definition) is 5. The lowest BCUT2D eigenvalue weighted by Gasteiger charge is -2.37. The van der Waals surface area contributed by atoms with Gasteiger partial charge in [-0.3, -0.25) is 4.99 Å². The van der Waals surface area contributed by atoms with Crippen molar-refractivity contribution in [2.75, 3.05) is 66.8 Å². The zero-order valence-electron chi connectivity index (χ0n) is 15.6. The number of hydrogen-bond donors (Lipinski definition) is 1. The predicted molar refractivity (Wildman–Crippen MR) is 109 cm³/mol. The second-order valence-electron chi connectivity index (χ2n) is 6.19. The van der Waals surface area contributed by atoms with Crippen LogP contribution in [0, 0.1) is 0 Å². The van der Waals surface area contributed by atoms with E-state index in [0.29, 0.717) is 13.2 Å². The summed E-state index contributed by atoms with van der Waals surface area (Å²) in [6.07, 6.45) is 4.75. The van der Waals surface area contributed by atoms with Crippen LogP contribution in [0.15, 0.2) is 4.99 Å². The first-order chi connectivity index (χ1) is 11.8. The molecule has 2 aliphatic heterocycles. The van der Waals surface area contributed by atoms with Gasteiger partial charge in [0.05, 0.1) is 25.9 Å². The molecule has 0 aromatic heterocycles. The maximum absolute atomic E-state index is 5.90. The van der Waals surface area contributed by atoms with Gasteiger partial charge in [0.25, 0.3) is 0 Å². The molecular formula is C17H34IN3O4. The van der Waals surface area contributed by atoms with Crippen LogP contribution in [0.25, 0.3) is 0 Å². The zero-order valence-corrected chi connectivity index (χ0v) is 17.9. The largest absolute Gasteiger partial charge is 0.382 e. The Morgan fingerprint density at radius 3 is 2.72 bits per heavy atom. The Kier molecular flexibility index (Phi) is 12.8. The standard InChI is InChI=1S/C17H33N3O4.HI/c1-18-17(19-7-3-4-9-22-13-12-21-2)20-8-11-24-16(14-20)15-6-5-10-23-15;/h15-16H,3-14H2,1-2H3,(H,18,19);1H. The van der Waals surface area contributed by atoms with Crippen molar-refractivity contribution in [1.82, 2.24) is 10.2 Å². The minimum absolute atomic E-state index is 0. The van der Waals surface area contributed by atoms with E-state index in [1.165, 1.54) is 0 Å². The van der Waals surface area contributed by atoms with Crippen LogP contribution in [0.3, 0.4) is 0 Å². The Hall–Kier alpha value is -0.160. The van der Waals surface area contributed by atoms with E-state index in [1.807, 2.05) is 7.05 Å². The van der Waals surface area contributed by atoms with Crippen LogP contribution in [-0.2, 0) is 18.9 Å². The van der Waals surface area contributed by atoms with Crippen LogP contribution in [0.5, 0.6) is 0 Å². The third-order valence-electron chi connectivity index (χ3n) is 4.41. The molecule has 0 amide bonds. The summed E-state index contributed by atoms with van der Waals surface area (Å²) >= 11 is 0. The molecule has 2 unspecified atom stereocenters. The van der Waals surface area contributed by atoms with E-state index in [1.54, 1.807) is 7.11 Å². The number of aliphatic imine (C=N–C) groups is 1. The van der Waals surface area contributed by atoms with Crippen molar-refractivity contribution in [3.8, 4) is 0 Å². The Morgan fingerprint density at radius 2 is 2.00 bits per heavy atom. The molecule has 2 atom stereocenters. The highest BCUT2D eigenvalue weighted by molar-refractivity contribution is 14.0. The topological polar surface area (TPSA) is 64.6 Å². The van der Waals surface area contributed by atoms with Crippen LogP contribution >= 0.6 is 24.0 Å². The molecule has 0 aromatic carbocycles. The lowest BCUT2D eigenvalue weighted by molar-refractivity contribution is -0.0816. The van der Waals surface area contributed by atoms with Gasteiger partial charge in [0, 0.05) is 47.0 Å². The second kappa shape index (κ2) is 14.0. The van der Waals surface area contributed by atoms with Crippen LogP contribution in [-0.4, -0.2) is 89.9 Å². The second-order valence-corrected chi connectivity index (χ2v) is 6.19. The summed E-state index contributed by atoms with van der Waals surface area (Å²) in [6, 6.07) is 0. The number of rotatable bonds is 9. The summed E-state index contributed by atoms with van der Waals surface area (Å²) in [7, 11) is 3.53. The molecule has 8 heteroatoms. The number of halogens is 1. The molecule has 0 radical (unpaired) electrons. The molecule has 0 aromatic rings. The molecule has 7 nitrogen and oxygen atoms in total. The molecule has 25 heavy (non-hydrogen) atoms. The highest BCUT2D eigenvalue weighted by atomic mass is 127. The fourth-order valence-electron chi connectivity index (χ4n) is 3.09. The van der Waals surface area contributed by atoms with E-state index < -0.39 is 0 Å². The summed E-state index contributed by atoms with van der Waals surface area (Å²) in [5.74, 6) is 0.960. The first kappa shape index (κ1) is 22.9. The van der Waals surface area contributed by atoms with Crippen LogP contribution in [0.1, 0.15) is 25.7 Å². The van der Waals surface area contributed by atoms with Crippen molar-refractivity contribution < 1.29 is 18.9 Å². The van der Waals surface area contributed by atoms with Gasteiger partial charge in [-0.05, 0) is 25.7 Å². The van der Waals surface area contributed by atoms with Crippen LogP contribution < -0.4 is 5.32 Å². The number of nitrogens with zero attached hydrogens (tertiary/aromatic N) is 2. The van der Waals surface area contributed by atoms with Crippen molar-refractivity contribution >= 4 is 29.9 Å². The van der Waals surface area contributed by atoms with Crippen molar-refractivity contribution in [3.05, 3.63) is 0 Å². The van der Waals surface area contributed by atoms with Gasteiger partial charge in [0.15, 0.2) is 5.96 Å². The molecule has 0 saturated carbocycles. The molecule has 2 saturated heterocycles. The van der Waals surface area contributed by atoms with Crippen molar-refractivity contribution in [1.29, 1.82) is 0 Å². The van der Waals surface area contributed by atoms with Gasteiger partial charge in [0.2, 0.25) is 0 Å². The molecule has 0 spiro atoms. The van der Waals surface area contributed by atoms with E-state index in [2.05, 4.69) is 15.2 Å². The summed E-state index contributed by atoms with van der Waals surface area (Å²) in [4.78, 5) is 6.70. The van der Waals surface area contributed by atoms with Gasteiger partial charge in [-0.1, -0.05) is 0 Å². The summed E-state index contributed by atoms with van der Waals surface area (Å²) in [5, 5.41) is 3.45. The van der Waals surface area contributed by atoms with Gasteiger partial charge in [0.1, 0.15) is 6.10 Å². The average molecular weight is 471 g/mol. The monoisotopic (exact) mass is 471 g/mol. The van der Waals surface area contributed by atoms with Gasteiger partial charge >= 0.3 is 0 Å². The third-order valence-corrected chi connectivity index (χ3v) is 4.41. The number of morpholine rings is 1. The van der Waals surface area contributed by atoms with Crippen LogP contribution in [0.4, 0.5) is 0 Å². The molecular weight excluding hydrogens is 437 g/mol. The van der Waals surface area contributed by atoms with Crippen molar-refractivity contribution in [2.24, 2.45) is 4.99 Å². The molecule has 2 aliphatic rings. The average Bonchev–Trinajstić information content (AvgIpc) is 3.15. The predicted octanol–water partition coefficient (Wildman–Crippen LogP) is 1.50. The SMILES string of the molecule is CN=C(NCCCCOCCOC)N1CCOC(C2CCCO2)C1.I. The number of methoxy groups -OCH3 is 1. The lowest BCUT2D eigenvalue weighted by Crippen LogP contribution is -2.53. The Balaban J connectivity index is 0.00000312. The number of unbranched alkanes of at least 4 members (excludes halogenated alkanes) is 1. The maximum Gasteiger partial charge on any atom is 0.193 e. The van der Waals surface area contributed by atoms with Gasteiger partial charge in [-0.25, -0.2) is 0 Å². The first-order valence-electron chi connectivity index (χ1n) is 9.10. The highest BCUT2D eigenvalue weighted by Gasteiger charge is 2.32. The Bertz CT molecular complexity index is 368. The minimum Gasteiger partial charge on any atom is -0.382 e. The minimum atomic E-state index is 0.